The average molecular weight is 366 g/mol. The molecular weight excluding hydrogens is 355 g/mol. The summed E-state index contributed by atoms with van der Waals surface area (Å²) in [7, 11) is -3.42. The highest BCUT2D eigenvalue weighted by molar-refractivity contribution is 7.91. The van der Waals surface area contributed by atoms with E-state index < -0.39 is 9.84 Å². The van der Waals surface area contributed by atoms with Gasteiger partial charge in [-0.2, -0.15) is 0 Å². The van der Waals surface area contributed by atoms with Crippen LogP contribution < -0.4 is 4.74 Å². The molecule has 0 aliphatic rings. The fourth-order valence-electron chi connectivity index (χ4n) is 1.61. The minimum atomic E-state index is -3.42. The van der Waals surface area contributed by atoms with Gasteiger partial charge in [0.15, 0.2) is 9.84 Å². The lowest BCUT2D eigenvalue weighted by Gasteiger charge is -2.09. The number of rotatable bonds is 5. The molecule has 0 N–H and O–H groups in total. The van der Waals surface area contributed by atoms with Crippen molar-refractivity contribution >= 4 is 44.6 Å². The lowest BCUT2D eigenvalue weighted by Crippen LogP contribution is -2.14. The summed E-state index contributed by atoms with van der Waals surface area (Å²) in [4.78, 5) is 0.206. The molecule has 0 fully saturated rings. The molecular formula is C14H11Cl3O3S. The third kappa shape index (κ3) is 4.51. The summed E-state index contributed by atoms with van der Waals surface area (Å²) in [6.07, 6.45) is 0. The van der Waals surface area contributed by atoms with Crippen molar-refractivity contribution in [3.63, 3.8) is 0 Å². The fourth-order valence-corrected chi connectivity index (χ4v) is 3.29. The third-order valence-electron chi connectivity index (χ3n) is 2.68. The molecule has 0 atom stereocenters. The van der Waals surface area contributed by atoms with E-state index >= 15 is 0 Å². The van der Waals surface area contributed by atoms with Gasteiger partial charge >= 0.3 is 0 Å². The van der Waals surface area contributed by atoms with E-state index in [9.17, 15) is 8.42 Å². The van der Waals surface area contributed by atoms with Crippen LogP contribution in [0.2, 0.25) is 15.1 Å². The maximum Gasteiger partial charge on any atom is 0.181 e. The lowest BCUT2D eigenvalue weighted by atomic mass is 10.3. The highest BCUT2D eigenvalue weighted by Gasteiger charge is 2.14. The summed E-state index contributed by atoms with van der Waals surface area (Å²) in [5, 5.41) is 1.31. The van der Waals surface area contributed by atoms with Crippen LogP contribution in [-0.2, 0) is 9.84 Å². The van der Waals surface area contributed by atoms with Crippen molar-refractivity contribution < 1.29 is 13.2 Å². The van der Waals surface area contributed by atoms with Crippen LogP contribution in [0.3, 0.4) is 0 Å². The van der Waals surface area contributed by atoms with Gasteiger partial charge < -0.3 is 4.74 Å². The zero-order chi connectivity index (χ0) is 15.5. The van der Waals surface area contributed by atoms with Crippen molar-refractivity contribution in [3.05, 3.63) is 57.5 Å². The van der Waals surface area contributed by atoms with Gasteiger partial charge in [0.1, 0.15) is 12.4 Å². The summed E-state index contributed by atoms with van der Waals surface area (Å²) in [6, 6.07) is 10.7. The Morgan fingerprint density at radius 1 is 0.905 bits per heavy atom. The molecule has 2 aromatic rings. The normalized spacial score (nSPS) is 11.4. The zero-order valence-electron chi connectivity index (χ0n) is 10.7. The van der Waals surface area contributed by atoms with Crippen LogP contribution in [0.1, 0.15) is 0 Å². The second kappa shape index (κ2) is 6.88. The summed E-state index contributed by atoms with van der Waals surface area (Å²) in [5.41, 5.74) is 0. The van der Waals surface area contributed by atoms with Gasteiger partial charge in [-0.15, -0.1) is 0 Å². The largest absolute Gasteiger partial charge is 0.491 e. The van der Waals surface area contributed by atoms with E-state index in [2.05, 4.69) is 0 Å². The Morgan fingerprint density at radius 3 is 2.14 bits per heavy atom. The molecule has 0 saturated heterocycles. The molecule has 0 saturated carbocycles. The van der Waals surface area contributed by atoms with Crippen LogP contribution in [-0.4, -0.2) is 20.8 Å². The highest BCUT2D eigenvalue weighted by atomic mass is 35.5. The van der Waals surface area contributed by atoms with E-state index in [0.717, 1.165) is 0 Å². The van der Waals surface area contributed by atoms with Gasteiger partial charge in [0, 0.05) is 10.0 Å². The van der Waals surface area contributed by atoms with Crippen LogP contribution in [0.15, 0.2) is 47.4 Å². The van der Waals surface area contributed by atoms with Gasteiger partial charge in [-0.25, -0.2) is 8.42 Å². The first-order valence-corrected chi connectivity index (χ1v) is 8.73. The minimum Gasteiger partial charge on any atom is -0.491 e. The van der Waals surface area contributed by atoms with E-state index in [4.69, 9.17) is 39.5 Å². The van der Waals surface area contributed by atoms with Crippen LogP contribution in [0.25, 0.3) is 0 Å². The van der Waals surface area contributed by atoms with E-state index in [-0.39, 0.29) is 17.3 Å². The third-order valence-corrected chi connectivity index (χ3v) is 5.15. The molecule has 0 spiro atoms. The Balaban J connectivity index is 2.00. The molecule has 0 aromatic heterocycles. The van der Waals surface area contributed by atoms with Crippen molar-refractivity contribution in [3.8, 4) is 5.75 Å². The molecule has 7 heteroatoms. The fraction of sp³-hybridized carbons (Fsp3) is 0.143. The van der Waals surface area contributed by atoms with Crippen molar-refractivity contribution in [2.45, 2.75) is 4.90 Å². The summed E-state index contributed by atoms with van der Waals surface area (Å²) < 4.78 is 29.6. The van der Waals surface area contributed by atoms with Crippen LogP contribution in [0.4, 0.5) is 0 Å². The average Bonchev–Trinajstić information content (AvgIpc) is 2.41. The van der Waals surface area contributed by atoms with E-state index in [1.165, 1.54) is 30.3 Å². The molecule has 21 heavy (non-hydrogen) atoms. The van der Waals surface area contributed by atoms with E-state index in [1.807, 2.05) is 0 Å². The quantitative estimate of drug-likeness (QED) is 0.783. The second-order valence-corrected chi connectivity index (χ2v) is 7.59. The van der Waals surface area contributed by atoms with Crippen LogP contribution in [0.5, 0.6) is 5.75 Å². The maximum absolute atomic E-state index is 12.1. The standard InChI is InChI=1S/C14H11Cl3O3S/c15-10-1-4-12(5-2-10)21(18,19)8-7-20-14-6-3-11(16)9-13(14)17/h1-6,9H,7-8H2. The molecule has 0 unspecified atom stereocenters. The summed E-state index contributed by atoms with van der Waals surface area (Å²) >= 11 is 17.4. The van der Waals surface area contributed by atoms with Gasteiger partial charge in [-0.05, 0) is 42.5 Å². The highest BCUT2D eigenvalue weighted by Crippen LogP contribution is 2.27. The molecule has 112 valence electrons. The minimum absolute atomic E-state index is 0.00763. The maximum atomic E-state index is 12.1. The van der Waals surface area contributed by atoms with Gasteiger partial charge in [-0.1, -0.05) is 34.8 Å². The van der Waals surface area contributed by atoms with Gasteiger partial charge in [0.2, 0.25) is 0 Å². The number of hydrogen-bond donors (Lipinski definition) is 0. The van der Waals surface area contributed by atoms with Gasteiger partial charge in [0.05, 0.1) is 15.7 Å². The Hall–Kier alpha value is -0.940. The van der Waals surface area contributed by atoms with Crippen molar-refractivity contribution in [1.82, 2.24) is 0 Å². The molecule has 0 radical (unpaired) electrons. The first-order chi connectivity index (χ1) is 9.88. The number of ether oxygens (including phenoxy) is 1. The van der Waals surface area contributed by atoms with Gasteiger partial charge in [-0.3, -0.25) is 0 Å². The predicted molar refractivity (Wildman–Crippen MR) is 85.5 cm³/mol. The Kier molecular flexibility index (Phi) is 5.38. The van der Waals surface area contributed by atoms with Crippen molar-refractivity contribution in [2.24, 2.45) is 0 Å². The zero-order valence-corrected chi connectivity index (χ0v) is 13.8. The number of halogens is 3. The van der Waals surface area contributed by atoms with Crippen LogP contribution >= 0.6 is 34.8 Å². The topological polar surface area (TPSA) is 43.4 Å². The monoisotopic (exact) mass is 364 g/mol. The Bertz CT molecular complexity index is 728. The van der Waals surface area contributed by atoms with Gasteiger partial charge in [0.25, 0.3) is 0 Å². The molecule has 3 nitrogen and oxygen atoms in total. The Morgan fingerprint density at radius 2 is 1.52 bits per heavy atom. The molecule has 0 heterocycles. The molecule has 0 aliphatic carbocycles. The number of benzene rings is 2. The van der Waals surface area contributed by atoms with Crippen molar-refractivity contribution in [1.29, 1.82) is 0 Å². The van der Waals surface area contributed by atoms with Crippen LogP contribution in [0, 0.1) is 0 Å². The smallest absolute Gasteiger partial charge is 0.181 e. The predicted octanol–water partition coefficient (Wildman–Crippen LogP) is 4.50. The first kappa shape index (κ1) is 16.4. The Labute approximate surface area is 138 Å². The lowest BCUT2D eigenvalue weighted by molar-refractivity contribution is 0.341. The molecule has 2 rings (SSSR count). The first-order valence-electron chi connectivity index (χ1n) is 5.95. The number of hydrogen-bond acceptors (Lipinski definition) is 3. The SMILES string of the molecule is O=S(=O)(CCOc1ccc(Cl)cc1Cl)c1ccc(Cl)cc1. The van der Waals surface area contributed by atoms with E-state index in [1.54, 1.807) is 12.1 Å². The molecule has 0 amide bonds. The number of sulfone groups is 1. The second-order valence-electron chi connectivity index (χ2n) is 4.20. The van der Waals surface area contributed by atoms with Crippen molar-refractivity contribution in [2.75, 3.05) is 12.4 Å². The molecule has 0 bridgehead atoms. The molecule has 0 aliphatic heterocycles. The van der Waals surface area contributed by atoms with E-state index in [0.29, 0.717) is 20.8 Å². The summed E-state index contributed by atoms with van der Waals surface area (Å²) in [6.45, 7) is -0.00763. The summed E-state index contributed by atoms with van der Waals surface area (Å²) in [5.74, 6) is 0.237. The molecule has 2 aromatic carbocycles.